The van der Waals surface area contributed by atoms with Gasteiger partial charge in [-0.2, -0.15) is 0 Å². The first-order valence-corrected chi connectivity index (χ1v) is 11.2. The molecule has 0 amide bonds. The molecule has 6 heteroatoms. The Morgan fingerprint density at radius 2 is 1.90 bits per heavy atom. The number of hydrogen-bond acceptors (Lipinski definition) is 4. The van der Waals surface area contributed by atoms with Gasteiger partial charge in [0.25, 0.3) is 5.56 Å². The lowest BCUT2D eigenvalue weighted by atomic mass is 9.70. The average molecular weight is 418 g/mol. The molecule has 0 saturated carbocycles. The number of nitrogens with zero attached hydrogens (tertiary/aromatic N) is 3. The van der Waals surface area contributed by atoms with E-state index in [0.717, 1.165) is 78.9 Å². The van der Waals surface area contributed by atoms with Crippen molar-refractivity contribution in [2.75, 3.05) is 24.6 Å². The van der Waals surface area contributed by atoms with Crippen molar-refractivity contribution in [2.24, 2.45) is 11.3 Å². The third-order valence-corrected chi connectivity index (χ3v) is 8.02. The lowest BCUT2D eigenvalue weighted by Crippen LogP contribution is -2.45. The number of rotatable bonds is 2. The molecule has 0 N–H and O–H groups in total. The van der Waals surface area contributed by atoms with Gasteiger partial charge in [-0.1, -0.05) is 24.6 Å². The van der Waals surface area contributed by atoms with Gasteiger partial charge in [-0.3, -0.25) is 9.36 Å². The zero-order valence-electron chi connectivity index (χ0n) is 18.2. The summed E-state index contributed by atoms with van der Waals surface area (Å²) in [5.41, 5.74) is 2.98. The molecule has 2 atom stereocenters. The third kappa shape index (κ3) is 3.36. The van der Waals surface area contributed by atoms with E-state index in [-0.39, 0.29) is 11.0 Å². The molecule has 1 aromatic heterocycles. The Kier molecular flexibility index (Phi) is 5.41. The van der Waals surface area contributed by atoms with Gasteiger partial charge in [0.1, 0.15) is 11.6 Å². The van der Waals surface area contributed by atoms with Gasteiger partial charge < -0.3 is 9.64 Å². The van der Waals surface area contributed by atoms with Crippen molar-refractivity contribution in [3.63, 3.8) is 0 Å². The van der Waals surface area contributed by atoms with E-state index < -0.39 is 0 Å². The van der Waals surface area contributed by atoms with Crippen LogP contribution >= 0.6 is 11.6 Å². The Morgan fingerprint density at radius 1 is 1.21 bits per heavy atom. The van der Waals surface area contributed by atoms with Gasteiger partial charge in [0.05, 0.1) is 18.3 Å². The summed E-state index contributed by atoms with van der Waals surface area (Å²) >= 11 is 6.34. The first-order chi connectivity index (χ1) is 13.7. The topological polar surface area (TPSA) is 47.4 Å². The fourth-order valence-electron chi connectivity index (χ4n) is 5.25. The highest BCUT2D eigenvalue weighted by Gasteiger charge is 2.47. The molecule has 4 rings (SSSR count). The predicted octanol–water partition coefficient (Wildman–Crippen LogP) is 4.65. The summed E-state index contributed by atoms with van der Waals surface area (Å²) in [4.78, 5) is 20.5. The van der Waals surface area contributed by atoms with Gasteiger partial charge in [-0.15, -0.1) is 0 Å². The van der Waals surface area contributed by atoms with Crippen LogP contribution in [0.15, 0.2) is 21.5 Å². The Balaban J connectivity index is 1.64. The van der Waals surface area contributed by atoms with E-state index >= 15 is 0 Å². The van der Waals surface area contributed by atoms with Crippen LogP contribution in [0.3, 0.4) is 0 Å². The largest absolute Gasteiger partial charge is 0.378 e. The van der Waals surface area contributed by atoms with Crippen LogP contribution in [-0.2, 0) is 4.74 Å². The van der Waals surface area contributed by atoms with Crippen LogP contribution in [0.5, 0.6) is 0 Å². The second-order valence-electron chi connectivity index (χ2n) is 9.06. The molecule has 0 unspecified atom stereocenters. The minimum Gasteiger partial charge on any atom is -0.378 e. The third-order valence-electron chi connectivity index (χ3n) is 7.58. The first-order valence-electron chi connectivity index (χ1n) is 10.8. The van der Waals surface area contributed by atoms with E-state index in [1.54, 1.807) is 4.57 Å². The molecule has 5 nitrogen and oxygen atoms in total. The number of ether oxygens (including phenoxy) is 1. The summed E-state index contributed by atoms with van der Waals surface area (Å²) in [5.74, 6) is 2.16. The molecule has 1 spiro atoms. The van der Waals surface area contributed by atoms with E-state index in [4.69, 9.17) is 21.3 Å². The molecule has 0 aromatic carbocycles. The van der Waals surface area contributed by atoms with Crippen LogP contribution in [0.4, 0.5) is 5.82 Å². The Hall–Kier alpha value is -1.59. The van der Waals surface area contributed by atoms with E-state index in [9.17, 15) is 4.79 Å². The van der Waals surface area contributed by atoms with Gasteiger partial charge in [0, 0.05) is 29.2 Å². The zero-order chi connectivity index (χ0) is 20.9. The molecule has 2 saturated heterocycles. The Bertz CT molecular complexity index is 938. The van der Waals surface area contributed by atoms with Crippen LogP contribution in [0, 0.1) is 25.2 Å². The van der Waals surface area contributed by atoms with Gasteiger partial charge in [-0.05, 0) is 64.9 Å². The average Bonchev–Trinajstić information content (AvgIpc) is 2.97. The molecule has 3 aliphatic rings. The molecule has 1 aliphatic carbocycles. The van der Waals surface area contributed by atoms with E-state index in [1.165, 1.54) is 0 Å². The van der Waals surface area contributed by atoms with Crippen molar-refractivity contribution in [2.45, 2.75) is 66.4 Å². The number of hydrogen-bond donors (Lipinski definition) is 0. The number of aromatic nitrogens is 2. The lowest BCUT2D eigenvalue weighted by molar-refractivity contribution is 0.0969. The number of piperidine rings is 1. The minimum absolute atomic E-state index is 0.0275. The molecule has 158 valence electrons. The van der Waals surface area contributed by atoms with Crippen molar-refractivity contribution < 1.29 is 4.74 Å². The summed E-state index contributed by atoms with van der Waals surface area (Å²) in [6.07, 6.45) is 6.20. The number of halogens is 1. The molecule has 29 heavy (non-hydrogen) atoms. The van der Waals surface area contributed by atoms with E-state index in [2.05, 4.69) is 18.7 Å². The fraction of sp³-hybridized carbons (Fsp3) is 0.652. The van der Waals surface area contributed by atoms with Crippen molar-refractivity contribution in [1.82, 2.24) is 9.55 Å². The standard InChI is InChI=1S/C23H32ClN3O2/c1-14-19(24)7-6-8-20(14)27-18(5)25-21(15(2)22(27)28)26-11-9-23(10-12-26)13-29-17(4)16(23)3/h7,16-17H,6,8-13H2,1-5H3/t16-,17+/m0/s1. The fourth-order valence-corrected chi connectivity index (χ4v) is 5.47. The highest BCUT2D eigenvalue weighted by Crippen LogP contribution is 2.46. The number of allylic oxidation sites excluding steroid dienone is 4. The Morgan fingerprint density at radius 3 is 2.52 bits per heavy atom. The van der Waals surface area contributed by atoms with Crippen molar-refractivity contribution >= 4 is 23.1 Å². The number of anilines is 1. The first kappa shape index (κ1) is 20.7. The maximum absolute atomic E-state index is 13.3. The minimum atomic E-state index is 0.0275. The predicted molar refractivity (Wildman–Crippen MR) is 118 cm³/mol. The van der Waals surface area contributed by atoms with Crippen molar-refractivity contribution in [3.8, 4) is 0 Å². The zero-order valence-corrected chi connectivity index (χ0v) is 19.0. The summed E-state index contributed by atoms with van der Waals surface area (Å²) in [7, 11) is 0. The maximum atomic E-state index is 13.3. The highest BCUT2D eigenvalue weighted by molar-refractivity contribution is 6.32. The lowest BCUT2D eigenvalue weighted by Gasteiger charge is -2.42. The van der Waals surface area contributed by atoms with Crippen molar-refractivity contribution in [1.29, 1.82) is 0 Å². The van der Waals surface area contributed by atoms with Crippen LogP contribution in [0.1, 0.15) is 57.8 Å². The Labute approximate surface area is 178 Å². The maximum Gasteiger partial charge on any atom is 0.262 e. The molecule has 3 heterocycles. The highest BCUT2D eigenvalue weighted by atomic mass is 35.5. The second kappa shape index (κ2) is 7.59. The summed E-state index contributed by atoms with van der Waals surface area (Å²) < 4.78 is 7.72. The van der Waals surface area contributed by atoms with Gasteiger partial charge >= 0.3 is 0 Å². The number of aryl methyl sites for hydroxylation is 1. The molecule has 0 radical (unpaired) electrons. The van der Waals surface area contributed by atoms with Gasteiger partial charge in [-0.25, -0.2) is 4.98 Å². The van der Waals surface area contributed by atoms with Gasteiger partial charge in [0.2, 0.25) is 0 Å². The van der Waals surface area contributed by atoms with Gasteiger partial charge in [0.15, 0.2) is 0 Å². The molecular formula is C23H32ClN3O2. The quantitative estimate of drug-likeness (QED) is 0.702. The molecule has 1 aromatic rings. The van der Waals surface area contributed by atoms with Crippen LogP contribution in [0.2, 0.25) is 0 Å². The smallest absolute Gasteiger partial charge is 0.262 e. The van der Waals surface area contributed by atoms with E-state index in [1.807, 2.05) is 26.8 Å². The van der Waals surface area contributed by atoms with Crippen LogP contribution in [0.25, 0.3) is 5.70 Å². The van der Waals surface area contributed by atoms with Crippen LogP contribution < -0.4 is 10.5 Å². The molecular weight excluding hydrogens is 386 g/mol. The molecule has 2 aliphatic heterocycles. The van der Waals surface area contributed by atoms with E-state index in [0.29, 0.717) is 12.0 Å². The normalized spacial score (nSPS) is 27.0. The summed E-state index contributed by atoms with van der Waals surface area (Å²) in [5, 5.41) is 0.739. The van der Waals surface area contributed by atoms with Crippen molar-refractivity contribution in [3.05, 3.63) is 38.4 Å². The molecule has 0 bridgehead atoms. The molecule has 2 fully saturated rings. The monoisotopic (exact) mass is 417 g/mol. The summed E-state index contributed by atoms with van der Waals surface area (Å²) in [6, 6.07) is 0. The van der Waals surface area contributed by atoms with Crippen LogP contribution in [-0.4, -0.2) is 35.4 Å². The SMILES string of the molecule is CC1=C(n2c(C)nc(N3CCC4(CC3)CO[C@H](C)[C@@H]4C)c(C)c2=O)CCC=C1Cl. The second-order valence-corrected chi connectivity index (χ2v) is 9.47. The summed E-state index contributed by atoms with van der Waals surface area (Å²) in [6.45, 7) is 13.0.